The molecule has 20 heavy (non-hydrogen) atoms. The lowest BCUT2D eigenvalue weighted by Gasteiger charge is -2.24. The van der Waals surface area contributed by atoms with Gasteiger partial charge in [0.1, 0.15) is 0 Å². The van der Waals surface area contributed by atoms with Crippen molar-refractivity contribution < 1.29 is 4.79 Å². The maximum absolute atomic E-state index is 12.2. The first-order chi connectivity index (χ1) is 9.68. The van der Waals surface area contributed by atoms with Gasteiger partial charge in [0.25, 0.3) is 0 Å². The fourth-order valence-electron chi connectivity index (χ4n) is 2.00. The van der Waals surface area contributed by atoms with Crippen LogP contribution in [0.5, 0.6) is 0 Å². The highest BCUT2D eigenvalue weighted by Gasteiger charge is 2.14. The van der Waals surface area contributed by atoms with Crippen molar-refractivity contribution in [3.8, 4) is 0 Å². The van der Waals surface area contributed by atoms with Gasteiger partial charge in [-0.25, -0.2) is 0 Å². The Kier molecular flexibility index (Phi) is 4.72. The standard InChI is InChI=1S/C18H19NO/c1-15(17-11-7-4-8-12-17)19(2)18(20)14-13-16-9-5-3-6-10-16/h3-15H,1-2H3/b14-13+. The summed E-state index contributed by atoms with van der Waals surface area (Å²) in [6.07, 6.45) is 3.46. The quantitative estimate of drug-likeness (QED) is 0.767. The average molecular weight is 265 g/mol. The van der Waals surface area contributed by atoms with E-state index in [0.29, 0.717) is 0 Å². The number of hydrogen-bond acceptors (Lipinski definition) is 1. The molecular formula is C18H19NO. The normalized spacial score (nSPS) is 12.3. The monoisotopic (exact) mass is 265 g/mol. The molecule has 1 unspecified atom stereocenters. The van der Waals surface area contributed by atoms with Crippen LogP contribution in [0.25, 0.3) is 6.08 Å². The number of hydrogen-bond donors (Lipinski definition) is 0. The van der Waals surface area contributed by atoms with Crippen LogP contribution in [0.15, 0.2) is 66.7 Å². The van der Waals surface area contributed by atoms with Crippen LogP contribution in [0.3, 0.4) is 0 Å². The Labute approximate surface area is 120 Å². The highest BCUT2D eigenvalue weighted by Crippen LogP contribution is 2.18. The third-order valence-electron chi connectivity index (χ3n) is 3.43. The zero-order chi connectivity index (χ0) is 14.4. The fourth-order valence-corrected chi connectivity index (χ4v) is 2.00. The zero-order valence-corrected chi connectivity index (χ0v) is 11.9. The van der Waals surface area contributed by atoms with Crippen LogP contribution in [0.2, 0.25) is 0 Å². The van der Waals surface area contributed by atoms with Crippen LogP contribution >= 0.6 is 0 Å². The van der Waals surface area contributed by atoms with Crippen molar-refractivity contribution in [3.63, 3.8) is 0 Å². The van der Waals surface area contributed by atoms with E-state index < -0.39 is 0 Å². The van der Waals surface area contributed by atoms with Crippen LogP contribution in [0, 0.1) is 0 Å². The molecule has 102 valence electrons. The number of carbonyl (C=O) groups excluding carboxylic acids is 1. The molecule has 0 heterocycles. The maximum atomic E-state index is 12.2. The van der Waals surface area contributed by atoms with Crippen LogP contribution in [0.1, 0.15) is 24.1 Å². The van der Waals surface area contributed by atoms with Crippen LogP contribution in [-0.2, 0) is 4.79 Å². The summed E-state index contributed by atoms with van der Waals surface area (Å²) in [6, 6.07) is 19.9. The lowest BCUT2D eigenvalue weighted by molar-refractivity contribution is -0.126. The largest absolute Gasteiger partial charge is 0.335 e. The van der Waals surface area contributed by atoms with Gasteiger partial charge in [0, 0.05) is 13.1 Å². The molecule has 0 N–H and O–H groups in total. The Hall–Kier alpha value is -2.35. The summed E-state index contributed by atoms with van der Waals surface area (Å²) in [6.45, 7) is 2.03. The van der Waals surface area contributed by atoms with Gasteiger partial charge in [-0.3, -0.25) is 4.79 Å². The van der Waals surface area contributed by atoms with E-state index in [1.54, 1.807) is 11.0 Å². The molecule has 0 aliphatic heterocycles. The van der Waals surface area contributed by atoms with Crippen molar-refractivity contribution in [2.45, 2.75) is 13.0 Å². The lowest BCUT2D eigenvalue weighted by atomic mass is 10.1. The molecule has 0 bridgehead atoms. The first-order valence-corrected chi connectivity index (χ1v) is 6.73. The Balaban J connectivity index is 2.04. The molecule has 0 radical (unpaired) electrons. The first-order valence-electron chi connectivity index (χ1n) is 6.73. The summed E-state index contributed by atoms with van der Waals surface area (Å²) < 4.78 is 0. The summed E-state index contributed by atoms with van der Waals surface area (Å²) >= 11 is 0. The van der Waals surface area contributed by atoms with Gasteiger partial charge in [0.2, 0.25) is 5.91 Å². The number of rotatable bonds is 4. The van der Waals surface area contributed by atoms with Crippen molar-refractivity contribution >= 4 is 12.0 Å². The van der Waals surface area contributed by atoms with E-state index in [4.69, 9.17) is 0 Å². The van der Waals surface area contributed by atoms with Crippen molar-refractivity contribution in [3.05, 3.63) is 77.9 Å². The van der Waals surface area contributed by atoms with Gasteiger partial charge in [-0.15, -0.1) is 0 Å². The molecule has 0 aliphatic carbocycles. The molecule has 2 heteroatoms. The van der Waals surface area contributed by atoms with Gasteiger partial charge in [-0.2, -0.15) is 0 Å². The van der Waals surface area contributed by atoms with E-state index in [0.717, 1.165) is 11.1 Å². The molecule has 0 aliphatic rings. The van der Waals surface area contributed by atoms with Crippen molar-refractivity contribution in [2.24, 2.45) is 0 Å². The summed E-state index contributed by atoms with van der Waals surface area (Å²) in [5.74, 6) is 0.00482. The van der Waals surface area contributed by atoms with Gasteiger partial charge in [0.05, 0.1) is 6.04 Å². The van der Waals surface area contributed by atoms with Gasteiger partial charge < -0.3 is 4.90 Å². The van der Waals surface area contributed by atoms with E-state index in [-0.39, 0.29) is 11.9 Å². The third-order valence-corrected chi connectivity index (χ3v) is 3.43. The van der Waals surface area contributed by atoms with E-state index in [1.807, 2.05) is 80.7 Å². The molecule has 0 fully saturated rings. The number of carbonyl (C=O) groups is 1. The van der Waals surface area contributed by atoms with E-state index >= 15 is 0 Å². The highest BCUT2D eigenvalue weighted by atomic mass is 16.2. The molecule has 2 aromatic carbocycles. The van der Waals surface area contributed by atoms with Gasteiger partial charge in [0.15, 0.2) is 0 Å². The van der Waals surface area contributed by atoms with E-state index in [9.17, 15) is 4.79 Å². The Morgan fingerprint density at radius 3 is 2.15 bits per heavy atom. The average Bonchev–Trinajstić information content (AvgIpc) is 2.53. The Morgan fingerprint density at radius 1 is 1.00 bits per heavy atom. The molecular weight excluding hydrogens is 246 g/mol. The molecule has 2 nitrogen and oxygen atoms in total. The predicted molar refractivity (Wildman–Crippen MR) is 83.1 cm³/mol. The second-order valence-electron chi connectivity index (χ2n) is 4.78. The number of likely N-dealkylation sites (N-methyl/N-ethyl adjacent to an activating group) is 1. The van der Waals surface area contributed by atoms with Crippen molar-refractivity contribution in [2.75, 3.05) is 7.05 Å². The van der Waals surface area contributed by atoms with Crippen LogP contribution < -0.4 is 0 Å². The van der Waals surface area contributed by atoms with Crippen LogP contribution in [-0.4, -0.2) is 17.9 Å². The minimum Gasteiger partial charge on any atom is -0.335 e. The summed E-state index contributed by atoms with van der Waals surface area (Å²) in [4.78, 5) is 13.9. The zero-order valence-electron chi connectivity index (χ0n) is 11.9. The smallest absolute Gasteiger partial charge is 0.246 e. The first kappa shape index (κ1) is 14.1. The maximum Gasteiger partial charge on any atom is 0.246 e. The Morgan fingerprint density at radius 2 is 1.55 bits per heavy atom. The van der Waals surface area contributed by atoms with Gasteiger partial charge >= 0.3 is 0 Å². The summed E-state index contributed by atoms with van der Waals surface area (Å²) in [5.41, 5.74) is 2.16. The van der Waals surface area contributed by atoms with E-state index in [1.165, 1.54) is 0 Å². The molecule has 0 saturated heterocycles. The second kappa shape index (κ2) is 6.71. The molecule has 1 amide bonds. The minimum absolute atomic E-state index is 0.00482. The SMILES string of the molecule is CC(c1ccccc1)N(C)C(=O)/C=C/c1ccccc1. The molecule has 0 spiro atoms. The van der Waals surface area contributed by atoms with Gasteiger partial charge in [-0.05, 0) is 24.1 Å². The number of benzene rings is 2. The summed E-state index contributed by atoms with van der Waals surface area (Å²) in [5, 5.41) is 0. The molecule has 2 aromatic rings. The van der Waals surface area contributed by atoms with Crippen molar-refractivity contribution in [1.82, 2.24) is 4.90 Å². The summed E-state index contributed by atoms with van der Waals surface area (Å²) in [7, 11) is 1.83. The molecule has 1 atom stereocenters. The lowest BCUT2D eigenvalue weighted by Crippen LogP contribution is -2.27. The predicted octanol–water partition coefficient (Wildman–Crippen LogP) is 3.92. The minimum atomic E-state index is 0.00482. The Bertz CT molecular complexity index is 575. The van der Waals surface area contributed by atoms with E-state index in [2.05, 4.69) is 0 Å². The topological polar surface area (TPSA) is 20.3 Å². The third kappa shape index (κ3) is 3.58. The molecule has 2 rings (SSSR count). The fraction of sp³-hybridized carbons (Fsp3) is 0.167. The van der Waals surface area contributed by atoms with Crippen molar-refractivity contribution in [1.29, 1.82) is 0 Å². The molecule has 0 saturated carbocycles. The second-order valence-corrected chi connectivity index (χ2v) is 4.78. The van der Waals surface area contributed by atoms with Crippen LogP contribution in [0.4, 0.5) is 0 Å². The van der Waals surface area contributed by atoms with Gasteiger partial charge in [-0.1, -0.05) is 60.7 Å². The molecule has 0 aromatic heterocycles. The number of amides is 1. The number of nitrogens with zero attached hydrogens (tertiary/aromatic N) is 1. The highest BCUT2D eigenvalue weighted by molar-refractivity contribution is 5.91.